The van der Waals surface area contributed by atoms with Crippen molar-refractivity contribution < 1.29 is 0 Å². The molecule has 0 aliphatic rings. The normalized spacial score (nSPS) is 12.9. The van der Waals surface area contributed by atoms with E-state index in [0.717, 1.165) is 21.2 Å². The minimum Gasteiger partial charge on any atom is -0.249 e. The van der Waals surface area contributed by atoms with Gasteiger partial charge in [0.25, 0.3) is 0 Å². The standard InChI is InChI=1S/C11H16BrNS/c1-4-8(2)7-14-11-5-9(3)10(12)6-13-11/h5-6,8H,4,7H2,1-3H3. The van der Waals surface area contributed by atoms with E-state index in [4.69, 9.17) is 0 Å². The molecule has 0 bridgehead atoms. The quantitative estimate of drug-likeness (QED) is 0.760. The summed E-state index contributed by atoms with van der Waals surface area (Å²) in [7, 11) is 0. The first-order chi connectivity index (χ1) is 6.63. The highest BCUT2D eigenvalue weighted by Gasteiger charge is 2.03. The molecule has 1 rings (SSSR count). The van der Waals surface area contributed by atoms with Gasteiger partial charge in [-0.05, 0) is 40.4 Å². The molecule has 0 N–H and O–H groups in total. The second-order valence-electron chi connectivity index (χ2n) is 3.60. The van der Waals surface area contributed by atoms with E-state index in [-0.39, 0.29) is 0 Å². The summed E-state index contributed by atoms with van der Waals surface area (Å²) in [6, 6.07) is 2.14. The Morgan fingerprint density at radius 1 is 1.57 bits per heavy atom. The maximum Gasteiger partial charge on any atom is 0.0963 e. The second-order valence-corrected chi connectivity index (χ2v) is 5.49. The maximum atomic E-state index is 4.36. The Bertz CT molecular complexity index is 301. The predicted molar refractivity (Wildman–Crippen MR) is 66.9 cm³/mol. The Labute approximate surface area is 98.8 Å². The summed E-state index contributed by atoms with van der Waals surface area (Å²) in [4.78, 5) is 4.36. The van der Waals surface area contributed by atoms with Gasteiger partial charge in [-0.15, -0.1) is 11.8 Å². The molecule has 1 aromatic rings. The Morgan fingerprint density at radius 3 is 2.86 bits per heavy atom. The lowest BCUT2D eigenvalue weighted by Gasteiger charge is -2.07. The van der Waals surface area contributed by atoms with Crippen LogP contribution in [0.15, 0.2) is 21.8 Å². The highest BCUT2D eigenvalue weighted by molar-refractivity contribution is 9.10. The number of nitrogens with zero attached hydrogens (tertiary/aromatic N) is 1. The predicted octanol–water partition coefficient (Wildman–Crippen LogP) is 4.29. The van der Waals surface area contributed by atoms with Crippen molar-refractivity contribution in [3.8, 4) is 0 Å². The molecular weight excluding hydrogens is 258 g/mol. The molecule has 0 amide bonds. The third-order valence-electron chi connectivity index (χ3n) is 2.23. The van der Waals surface area contributed by atoms with Crippen LogP contribution in [-0.4, -0.2) is 10.7 Å². The minimum absolute atomic E-state index is 0.769. The number of rotatable bonds is 4. The third kappa shape index (κ3) is 3.62. The summed E-state index contributed by atoms with van der Waals surface area (Å²) in [6.07, 6.45) is 3.12. The number of aryl methyl sites for hydroxylation is 1. The summed E-state index contributed by atoms with van der Waals surface area (Å²) in [5.74, 6) is 1.93. The second kappa shape index (κ2) is 5.76. The Hall–Kier alpha value is -0.0200. The Morgan fingerprint density at radius 2 is 2.29 bits per heavy atom. The zero-order valence-corrected chi connectivity index (χ0v) is 11.3. The van der Waals surface area contributed by atoms with Crippen molar-refractivity contribution in [1.82, 2.24) is 4.98 Å². The van der Waals surface area contributed by atoms with Crippen molar-refractivity contribution >= 4 is 27.7 Å². The summed E-state index contributed by atoms with van der Waals surface area (Å²) in [5.41, 5.74) is 1.26. The van der Waals surface area contributed by atoms with Gasteiger partial charge in [-0.25, -0.2) is 4.98 Å². The largest absolute Gasteiger partial charge is 0.249 e. The first-order valence-corrected chi connectivity index (χ1v) is 6.66. The highest BCUT2D eigenvalue weighted by Crippen LogP contribution is 2.23. The van der Waals surface area contributed by atoms with Gasteiger partial charge in [0.2, 0.25) is 0 Å². The molecule has 1 aromatic heterocycles. The lowest BCUT2D eigenvalue weighted by Crippen LogP contribution is -1.96. The van der Waals surface area contributed by atoms with Crippen LogP contribution in [0.1, 0.15) is 25.8 Å². The van der Waals surface area contributed by atoms with Crippen LogP contribution in [0.25, 0.3) is 0 Å². The van der Waals surface area contributed by atoms with E-state index in [2.05, 4.69) is 47.8 Å². The van der Waals surface area contributed by atoms with Gasteiger partial charge in [0, 0.05) is 16.4 Å². The monoisotopic (exact) mass is 273 g/mol. The van der Waals surface area contributed by atoms with Crippen molar-refractivity contribution in [2.45, 2.75) is 32.2 Å². The summed E-state index contributed by atoms with van der Waals surface area (Å²) in [5, 5.41) is 1.13. The molecule has 3 heteroatoms. The van der Waals surface area contributed by atoms with Crippen molar-refractivity contribution in [2.24, 2.45) is 5.92 Å². The molecule has 1 unspecified atom stereocenters. The van der Waals surface area contributed by atoms with E-state index in [9.17, 15) is 0 Å². The van der Waals surface area contributed by atoms with E-state index >= 15 is 0 Å². The van der Waals surface area contributed by atoms with Crippen LogP contribution >= 0.6 is 27.7 Å². The maximum absolute atomic E-state index is 4.36. The first kappa shape index (κ1) is 12.1. The summed E-state index contributed by atoms with van der Waals surface area (Å²) >= 11 is 5.30. The molecule has 78 valence electrons. The molecule has 1 nitrogen and oxygen atoms in total. The van der Waals surface area contributed by atoms with Gasteiger partial charge >= 0.3 is 0 Å². The van der Waals surface area contributed by atoms with E-state index < -0.39 is 0 Å². The fourth-order valence-electron chi connectivity index (χ4n) is 0.938. The minimum atomic E-state index is 0.769. The molecule has 0 aromatic carbocycles. The van der Waals surface area contributed by atoms with E-state index in [0.29, 0.717) is 0 Å². The number of aromatic nitrogens is 1. The van der Waals surface area contributed by atoms with Crippen molar-refractivity contribution in [2.75, 3.05) is 5.75 Å². The molecule has 0 saturated heterocycles. The van der Waals surface area contributed by atoms with Crippen LogP contribution in [0.4, 0.5) is 0 Å². The molecule has 1 heterocycles. The van der Waals surface area contributed by atoms with Crippen LogP contribution in [0.2, 0.25) is 0 Å². The number of halogens is 1. The molecule has 0 spiro atoms. The fourth-order valence-corrected chi connectivity index (χ4v) is 2.23. The smallest absolute Gasteiger partial charge is 0.0963 e. The summed E-state index contributed by atoms with van der Waals surface area (Å²) < 4.78 is 1.09. The van der Waals surface area contributed by atoms with E-state index in [1.807, 2.05) is 18.0 Å². The molecular formula is C11H16BrNS. The molecule has 0 radical (unpaired) electrons. The number of thioether (sulfide) groups is 1. The van der Waals surface area contributed by atoms with Crippen molar-refractivity contribution in [3.05, 3.63) is 22.3 Å². The molecule has 14 heavy (non-hydrogen) atoms. The van der Waals surface area contributed by atoms with Crippen LogP contribution in [0.3, 0.4) is 0 Å². The van der Waals surface area contributed by atoms with Gasteiger partial charge in [-0.1, -0.05) is 20.3 Å². The lowest BCUT2D eigenvalue weighted by molar-refractivity contribution is 0.636. The van der Waals surface area contributed by atoms with Crippen LogP contribution in [-0.2, 0) is 0 Å². The molecule has 1 atom stereocenters. The third-order valence-corrected chi connectivity index (χ3v) is 4.32. The van der Waals surface area contributed by atoms with Gasteiger partial charge in [-0.3, -0.25) is 0 Å². The summed E-state index contributed by atoms with van der Waals surface area (Å²) in [6.45, 7) is 6.60. The van der Waals surface area contributed by atoms with Crippen molar-refractivity contribution in [3.63, 3.8) is 0 Å². The van der Waals surface area contributed by atoms with Crippen LogP contribution < -0.4 is 0 Å². The molecule has 0 saturated carbocycles. The van der Waals surface area contributed by atoms with Crippen LogP contribution in [0.5, 0.6) is 0 Å². The van der Waals surface area contributed by atoms with Gasteiger partial charge < -0.3 is 0 Å². The molecule has 0 fully saturated rings. The first-order valence-electron chi connectivity index (χ1n) is 4.88. The molecule has 0 aliphatic heterocycles. The van der Waals surface area contributed by atoms with E-state index in [1.165, 1.54) is 12.0 Å². The number of pyridine rings is 1. The number of hydrogen-bond acceptors (Lipinski definition) is 2. The van der Waals surface area contributed by atoms with Gasteiger partial charge in [0.05, 0.1) is 5.03 Å². The van der Waals surface area contributed by atoms with Gasteiger partial charge in [0.1, 0.15) is 0 Å². The highest BCUT2D eigenvalue weighted by atomic mass is 79.9. The Kier molecular flexibility index (Phi) is 4.96. The van der Waals surface area contributed by atoms with Gasteiger partial charge in [-0.2, -0.15) is 0 Å². The van der Waals surface area contributed by atoms with Crippen LogP contribution in [0, 0.1) is 12.8 Å². The SMILES string of the molecule is CCC(C)CSc1cc(C)c(Br)cn1. The lowest BCUT2D eigenvalue weighted by atomic mass is 10.2. The Balaban J connectivity index is 2.55. The molecule has 0 aliphatic carbocycles. The van der Waals surface area contributed by atoms with Crippen molar-refractivity contribution in [1.29, 1.82) is 0 Å². The fraction of sp³-hybridized carbons (Fsp3) is 0.545. The zero-order chi connectivity index (χ0) is 10.6. The number of hydrogen-bond donors (Lipinski definition) is 0. The zero-order valence-electron chi connectivity index (χ0n) is 8.88. The average Bonchev–Trinajstić information content (AvgIpc) is 2.19. The van der Waals surface area contributed by atoms with Gasteiger partial charge in [0.15, 0.2) is 0 Å². The topological polar surface area (TPSA) is 12.9 Å². The van der Waals surface area contributed by atoms with E-state index in [1.54, 1.807) is 0 Å². The average molecular weight is 274 g/mol.